The summed E-state index contributed by atoms with van der Waals surface area (Å²) in [5.74, 6) is -2.38. The smallest absolute Gasteiger partial charge is 0.218 e. The van der Waals surface area contributed by atoms with Crippen molar-refractivity contribution in [1.29, 1.82) is 21.2 Å². The Bertz CT molecular complexity index is 943. The van der Waals surface area contributed by atoms with Gasteiger partial charge in [-0.3, -0.25) is 5.41 Å². The lowest BCUT2D eigenvalue weighted by atomic mass is 9.52. The van der Waals surface area contributed by atoms with E-state index in [-0.39, 0.29) is 5.90 Å². The van der Waals surface area contributed by atoms with Crippen LogP contribution in [-0.2, 0) is 9.47 Å². The number of hydrogen-bond acceptors (Lipinski definition) is 6. The van der Waals surface area contributed by atoms with Crippen LogP contribution in [0.15, 0.2) is 30.3 Å². The van der Waals surface area contributed by atoms with Gasteiger partial charge in [0.2, 0.25) is 11.7 Å². The second-order valence-corrected chi connectivity index (χ2v) is 9.47. The van der Waals surface area contributed by atoms with E-state index < -0.39 is 28.6 Å². The number of rotatable bonds is 11. The summed E-state index contributed by atoms with van der Waals surface area (Å²) >= 11 is 0. The van der Waals surface area contributed by atoms with Gasteiger partial charge in [-0.25, -0.2) is 0 Å². The molecule has 2 saturated heterocycles. The fourth-order valence-corrected chi connectivity index (χ4v) is 5.65. The molecule has 0 aliphatic carbocycles. The minimum Gasteiger partial charge on any atom is -0.447 e. The lowest BCUT2D eigenvalue weighted by Gasteiger charge is -2.48. The highest BCUT2D eigenvalue weighted by atomic mass is 16.7. The third kappa shape index (κ3) is 4.12. The quantitative estimate of drug-likeness (QED) is 0.397. The van der Waals surface area contributed by atoms with Crippen molar-refractivity contribution in [3.8, 4) is 18.2 Å². The third-order valence-corrected chi connectivity index (χ3v) is 7.33. The van der Waals surface area contributed by atoms with E-state index in [0.29, 0.717) is 6.42 Å². The number of nitrogens with zero attached hydrogens (tertiary/aromatic N) is 3. The van der Waals surface area contributed by atoms with Crippen molar-refractivity contribution in [2.24, 2.45) is 10.8 Å². The Morgan fingerprint density at radius 3 is 2.00 bits per heavy atom. The Hall–Kier alpha value is -2.88. The van der Waals surface area contributed by atoms with Crippen LogP contribution in [0.4, 0.5) is 0 Å². The highest BCUT2D eigenvalue weighted by Crippen LogP contribution is 2.66. The van der Waals surface area contributed by atoms with Gasteiger partial charge in [0.05, 0.1) is 30.2 Å². The summed E-state index contributed by atoms with van der Waals surface area (Å²) in [7, 11) is 0. The Kier molecular flexibility index (Phi) is 7.78. The number of benzene rings is 1. The first-order valence-corrected chi connectivity index (χ1v) is 12.2. The average Bonchev–Trinajstić information content (AvgIpc) is 3.01. The molecule has 0 aromatic heterocycles. The fraction of sp³-hybridized carbons (Fsp3) is 0.630. The maximum absolute atomic E-state index is 10.4. The van der Waals surface area contributed by atoms with E-state index in [0.717, 1.165) is 24.8 Å². The van der Waals surface area contributed by atoms with Crippen molar-refractivity contribution >= 4 is 5.90 Å². The largest absolute Gasteiger partial charge is 0.447 e. The second kappa shape index (κ2) is 10.4. The second-order valence-electron chi connectivity index (χ2n) is 9.47. The van der Waals surface area contributed by atoms with E-state index in [9.17, 15) is 15.8 Å². The number of ether oxygens (including phenoxy) is 2. The third-order valence-electron chi connectivity index (χ3n) is 7.33. The van der Waals surface area contributed by atoms with Gasteiger partial charge in [0.15, 0.2) is 10.8 Å². The van der Waals surface area contributed by atoms with Crippen molar-refractivity contribution in [3.63, 3.8) is 0 Å². The van der Waals surface area contributed by atoms with E-state index in [1.165, 1.54) is 38.5 Å². The molecule has 0 radical (unpaired) electrons. The zero-order chi connectivity index (χ0) is 24.0. The van der Waals surface area contributed by atoms with E-state index in [2.05, 4.69) is 25.1 Å². The van der Waals surface area contributed by atoms with Gasteiger partial charge in [-0.1, -0.05) is 95.0 Å². The zero-order valence-electron chi connectivity index (χ0n) is 19.8. The first kappa shape index (κ1) is 24.8. The van der Waals surface area contributed by atoms with E-state index in [1.54, 1.807) is 6.92 Å². The zero-order valence-corrected chi connectivity index (χ0v) is 19.8. The molecule has 33 heavy (non-hydrogen) atoms. The van der Waals surface area contributed by atoms with E-state index in [1.807, 2.05) is 30.3 Å². The summed E-state index contributed by atoms with van der Waals surface area (Å²) in [5, 5.41) is 39.6. The number of nitrogens with one attached hydrogen (secondary N) is 1. The number of fused-ring (bicyclic) bond motifs is 2. The molecule has 4 unspecified atom stereocenters. The molecule has 0 spiro atoms. The Balaban J connectivity index is 1.79. The lowest BCUT2D eigenvalue weighted by Crippen LogP contribution is -2.60. The molecule has 0 saturated carbocycles. The van der Waals surface area contributed by atoms with Crippen LogP contribution in [0, 0.1) is 50.2 Å². The summed E-state index contributed by atoms with van der Waals surface area (Å²) in [6, 6.07) is 15.7. The van der Waals surface area contributed by atoms with E-state index >= 15 is 0 Å². The SMILES string of the molecule is CCCCCCCCCCCC1OC2(C)OC(=N)C(C#N)(C2c2ccccc2)C1(C#N)C#N. The Morgan fingerprint density at radius 2 is 1.45 bits per heavy atom. The standard InChI is InChI=1S/C27H34N4O2/c1-3-4-5-6-7-8-9-10-14-17-22-26(18-28,19-29)27(20-30)23(21-15-12-11-13-16-21)25(2,32-22)33-24(27)31/h11-13,15-16,22-23,31H,3-10,14,17H2,1-2H3. The maximum Gasteiger partial charge on any atom is 0.218 e. The minimum absolute atomic E-state index is 0.348. The summed E-state index contributed by atoms with van der Waals surface area (Å²) in [6.07, 6.45) is 10.1. The molecule has 3 rings (SSSR count). The first-order chi connectivity index (χ1) is 16.0. The topological polar surface area (TPSA) is 114 Å². The van der Waals surface area contributed by atoms with Crippen LogP contribution in [-0.4, -0.2) is 17.8 Å². The van der Waals surface area contributed by atoms with Gasteiger partial charge in [0.25, 0.3) is 0 Å². The predicted octanol–water partition coefficient (Wildman–Crippen LogP) is 6.36. The molecule has 2 fully saturated rings. The van der Waals surface area contributed by atoms with Crippen molar-refractivity contribution in [2.75, 3.05) is 0 Å². The highest BCUT2D eigenvalue weighted by molar-refractivity contribution is 5.90. The Morgan fingerprint density at radius 1 is 0.879 bits per heavy atom. The van der Waals surface area contributed by atoms with Crippen molar-refractivity contribution in [3.05, 3.63) is 35.9 Å². The van der Waals surface area contributed by atoms with Gasteiger partial charge >= 0.3 is 0 Å². The van der Waals surface area contributed by atoms with Crippen LogP contribution < -0.4 is 0 Å². The molecular formula is C27H34N4O2. The van der Waals surface area contributed by atoms with Gasteiger partial charge in [-0.2, -0.15) is 15.8 Å². The molecule has 4 atom stereocenters. The van der Waals surface area contributed by atoms with Crippen molar-refractivity contribution in [1.82, 2.24) is 0 Å². The first-order valence-electron chi connectivity index (χ1n) is 12.2. The molecule has 1 aromatic carbocycles. The predicted molar refractivity (Wildman–Crippen MR) is 125 cm³/mol. The summed E-state index contributed by atoms with van der Waals surface area (Å²) in [6.45, 7) is 3.94. The van der Waals surface area contributed by atoms with Crippen LogP contribution in [0.2, 0.25) is 0 Å². The van der Waals surface area contributed by atoms with E-state index in [4.69, 9.17) is 14.9 Å². The molecule has 2 heterocycles. The fourth-order valence-electron chi connectivity index (χ4n) is 5.65. The van der Waals surface area contributed by atoms with Gasteiger partial charge < -0.3 is 9.47 Å². The van der Waals surface area contributed by atoms with Gasteiger partial charge in [-0.05, 0) is 12.0 Å². The molecule has 2 bridgehead atoms. The van der Waals surface area contributed by atoms with Crippen LogP contribution in [0.3, 0.4) is 0 Å². The van der Waals surface area contributed by atoms with Crippen LogP contribution >= 0.6 is 0 Å². The molecular weight excluding hydrogens is 412 g/mol. The molecule has 0 amide bonds. The minimum atomic E-state index is -1.82. The Labute approximate surface area is 197 Å². The van der Waals surface area contributed by atoms with Crippen LogP contribution in [0.5, 0.6) is 0 Å². The number of unbranched alkanes of at least 4 members (excludes halogenated alkanes) is 8. The molecule has 6 heteroatoms. The van der Waals surface area contributed by atoms with Crippen molar-refractivity contribution < 1.29 is 9.47 Å². The lowest BCUT2D eigenvalue weighted by molar-refractivity contribution is -0.251. The molecule has 1 aromatic rings. The highest BCUT2D eigenvalue weighted by Gasteiger charge is 2.79. The van der Waals surface area contributed by atoms with Crippen LogP contribution in [0.1, 0.15) is 89.5 Å². The van der Waals surface area contributed by atoms with Gasteiger partial charge in [0.1, 0.15) is 0 Å². The van der Waals surface area contributed by atoms with Crippen molar-refractivity contribution in [2.45, 2.75) is 95.9 Å². The molecule has 2 aliphatic heterocycles. The molecule has 1 N–H and O–H groups in total. The van der Waals surface area contributed by atoms with Gasteiger partial charge in [-0.15, -0.1) is 0 Å². The maximum atomic E-state index is 10.4. The van der Waals surface area contributed by atoms with Crippen LogP contribution in [0.25, 0.3) is 0 Å². The molecule has 6 nitrogen and oxygen atoms in total. The average molecular weight is 447 g/mol. The summed E-state index contributed by atoms with van der Waals surface area (Å²) in [5.41, 5.74) is -2.83. The number of hydrogen-bond donors (Lipinski definition) is 1. The molecule has 174 valence electrons. The molecule has 2 aliphatic rings. The summed E-state index contributed by atoms with van der Waals surface area (Å²) < 4.78 is 12.2. The van der Waals surface area contributed by atoms with Gasteiger partial charge in [0, 0.05) is 6.92 Å². The number of nitriles is 3. The normalized spacial score (nSPS) is 29.5. The monoisotopic (exact) mass is 446 g/mol. The summed E-state index contributed by atoms with van der Waals surface area (Å²) in [4.78, 5) is 0.